The molecule has 0 saturated carbocycles. The summed E-state index contributed by atoms with van der Waals surface area (Å²) in [7, 11) is 1.61. The van der Waals surface area contributed by atoms with Crippen LogP contribution in [0.25, 0.3) is 10.9 Å². The third-order valence-corrected chi connectivity index (χ3v) is 3.65. The number of anilines is 1. The summed E-state index contributed by atoms with van der Waals surface area (Å²) in [6.07, 6.45) is 1.83. The van der Waals surface area contributed by atoms with Crippen LogP contribution in [0.1, 0.15) is 0 Å². The van der Waals surface area contributed by atoms with Crippen LogP contribution in [0.3, 0.4) is 0 Å². The number of amides is 1. The van der Waals surface area contributed by atoms with E-state index in [2.05, 4.69) is 5.32 Å². The average molecular weight is 325 g/mol. The summed E-state index contributed by atoms with van der Waals surface area (Å²) in [6, 6.07) is 13.3. The first kappa shape index (κ1) is 15.5. The largest absolute Gasteiger partial charge is 0.497 e. The predicted octanol–water partition coefficient (Wildman–Crippen LogP) is 3.20. The second-order valence-electron chi connectivity index (χ2n) is 5.22. The minimum Gasteiger partial charge on any atom is -0.497 e. The van der Waals surface area contributed by atoms with E-state index in [1.165, 1.54) is 24.3 Å². The van der Waals surface area contributed by atoms with Gasteiger partial charge < -0.3 is 14.6 Å². The van der Waals surface area contributed by atoms with Gasteiger partial charge in [0.25, 0.3) is 5.69 Å². The fourth-order valence-electron chi connectivity index (χ4n) is 2.46. The van der Waals surface area contributed by atoms with Gasteiger partial charge in [-0.1, -0.05) is 0 Å². The summed E-state index contributed by atoms with van der Waals surface area (Å²) in [5, 5.41) is 14.3. The van der Waals surface area contributed by atoms with Crippen LogP contribution in [-0.4, -0.2) is 22.5 Å². The summed E-state index contributed by atoms with van der Waals surface area (Å²) in [4.78, 5) is 22.3. The smallest absolute Gasteiger partial charge is 0.269 e. The topological polar surface area (TPSA) is 86.4 Å². The lowest BCUT2D eigenvalue weighted by Crippen LogP contribution is -2.18. The first-order valence-electron chi connectivity index (χ1n) is 7.24. The van der Waals surface area contributed by atoms with E-state index in [-0.39, 0.29) is 18.1 Å². The summed E-state index contributed by atoms with van der Waals surface area (Å²) in [6.45, 7) is 0.146. The van der Waals surface area contributed by atoms with E-state index in [1.807, 2.05) is 35.0 Å². The molecule has 2 aromatic carbocycles. The quantitative estimate of drug-likeness (QED) is 0.576. The average Bonchev–Trinajstić information content (AvgIpc) is 2.97. The molecule has 0 bridgehead atoms. The molecule has 0 fully saturated rings. The maximum absolute atomic E-state index is 12.2. The van der Waals surface area contributed by atoms with Crippen molar-refractivity contribution in [1.82, 2.24) is 4.57 Å². The van der Waals surface area contributed by atoms with Crippen LogP contribution in [0.5, 0.6) is 5.75 Å². The Morgan fingerprint density at radius 2 is 1.96 bits per heavy atom. The third-order valence-electron chi connectivity index (χ3n) is 3.65. The molecule has 0 aliphatic heterocycles. The standard InChI is InChI=1S/C17H15N3O4/c1-24-15-6-7-16-12(10-15)8-9-19(16)11-17(21)18-13-2-4-14(5-3-13)20(22)23/h2-10H,11H2,1H3,(H,18,21). The molecule has 0 saturated heterocycles. The lowest BCUT2D eigenvalue weighted by molar-refractivity contribution is -0.384. The Bertz CT molecular complexity index is 900. The van der Waals surface area contributed by atoms with Gasteiger partial charge in [0.05, 0.1) is 12.0 Å². The number of nitro benzene ring substituents is 1. The molecule has 1 amide bonds. The van der Waals surface area contributed by atoms with Gasteiger partial charge in [-0.05, 0) is 36.4 Å². The molecule has 0 unspecified atom stereocenters. The fraction of sp³-hybridized carbons (Fsp3) is 0.118. The molecule has 0 spiro atoms. The van der Waals surface area contributed by atoms with Crippen molar-refractivity contribution in [2.75, 3.05) is 12.4 Å². The first-order chi connectivity index (χ1) is 11.6. The molecule has 3 aromatic rings. The van der Waals surface area contributed by atoms with Gasteiger partial charge in [-0.25, -0.2) is 0 Å². The number of rotatable bonds is 5. The Labute approximate surface area is 137 Å². The highest BCUT2D eigenvalue weighted by Crippen LogP contribution is 2.22. The molecule has 24 heavy (non-hydrogen) atoms. The van der Waals surface area contributed by atoms with Crippen molar-refractivity contribution in [3.8, 4) is 5.75 Å². The molecule has 0 atom stereocenters. The number of non-ortho nitro benzene ring substituents is 1. The lowest BCUT2D eigenvalue weighted by Gasteiger charge is -2.08. The molecular weight excluding hydrogens is 310 g/mol. The highest BCUT2D eigenvalue weighted by molar-refractivity contribution is 5.92. The molecule has 7 heteroatoms. The maximum atomic E-state index is 12.2. The first-order valence-corrected chi connectivity index (χ1v) is 7.24. The summed E-state index contributed by atoms with van der Waals surface area (Å²) >= 11 is 0. The Morgan fingerprint density at radius 1 is 1.21 bits per heavy atom. The molecule has 1 aromatic heterocycles. The Morgan fingerprint density at radius 3 is 2.62 bits per heavy atom. The van der Waals surface area contributed by atoms with Crippen LogP contribution in [0.4, 0.5) is 11.4 Å². The number of hydrogen-bond acceptors (Lipinski definition) is 4. The van der Waals surface area contributed by atoms with Crippen molar-refractivity contribution in [2.24, 2.45) is 0 Å². The van der Waals surface area contributed by atoms with E-state index < -0.39 is 4.92 Å². The van der Waals surface area contributed by atoms with Gasteiger partial charge in [0, 0.05) is 34.9 Å². The number of ether oxygens (including phenoxy) is 1. The van der Waals surface area contributed by atoms with Crippen molar-refractivity contribution in [2.45, 2.75) is 6.54 Å². The van der Waals surface area contributed by atoms with Crippen LogP contribution in [-0.2, 0) is 11.3 Å². The zero-order valence-electron chi connectivity index (χ0n) is 12.9. The van der Waals surface area contributed by atoms with Gasteiger partial charge in [0.15, 0.2) is 0 Å². The molecule has 0 radical (unpaired) electrons. The van der Waals surface area contributed by atoms with E-state index >= 15 is 0 Å². The van der Waals surface area contributed by atoms with Crippen molar-refractivity contribution < 1.29 is 14.5 Å². The second kappa shape index (κ2) is 6.41. The predicted molar refractivity (Wildman–Crippen MR) is 90.2 cm³/mol. The number of aromatic nitrogens is 1. The minimum absolute atomic E-state index is 0.0154. The van der Waals surface area contributed by atoms with Crippen LogP contribution in [0, 0.1) is 10.1 Å². The van der Waals surface area contributed by atoms with Gasteiger partial charge in [-0.15, -0.1) is 0 Å². The summed E-state index contributed by atoms with van der Waals surface area (Å²) < 4.78 is 7.01. The summed E-state index contributed by atoms with van der Waals surface area (Å²) in [5.41, 5.74) is 1.43. The van der Waals surface area contributed by atoms with E-state index in [0.29, 0.717) is 5.69 Å². The van der Waals surface area contributed by atoms with Gasteiger partial charge in [-0.3, -0.25) is 14.9 Å². The zero-order chi connectivity index (χ0) is 17.1. The fourth-order valence-corrected chi connectivity index (χ4v) is 2.46. The third kappa shape index (κ3) is 3.19. The van der Waals surface area contributed by atoms with Crippen LogP contribution in [0.15, 0.2) is 54.7 Å². The summed E-state index contributed by atoms with van der Waals surface area (Å²) in [5.74, 6) is 0.549. The molecule has 1 heterocycles. The molecule has 1 N–H and O–H groups in total. The number of carbonyl (C=O) groups is 1. The van der Waals surface area contributed by atoms with E-state index in [9.17, 15) is 14.9 Å². The molecule has 0 aliphatic rings. The number of nitrogens with zero attached hydrogens (tertiary/aromatic N) is 2. The van der Waals surface area contributed by atoms with E-state index in [4.69, 9.17) is 4.74 Å². The normalized spacial score (nSPS) is 10.5. The number of fused-ring (bicyclic) bond motifs is 1. The number of hydrogen-bond donors (Lipinski definition) is 1. The Kier molecular flexibility index (Phi) is 4.15. The van der Waals surface area contributed by atoms with Gasteiger partial charge >= 0.3 is 0 Å². The van der Waals surface area contributed by atoms with Crippen molar-refractivity contribution in [1.29, 1.82) is 0 Å². The zero-order valence-corrected chi connectivity index (χ0v) is 12.9. The number of benzene rings is 2. The SMILES string of the molecule is COc1ccc2c(ccn2CC(=O)Nc2ccc([N+](=O)[O-])cc2)c1. The molecule has 122 valence electrons. The van der Waals surface area contributed by atoms with Gasteiger partial charge in [0.1, 0.15) is 12.3 Å². The number of carbonyl (C=O) groups excluding carboxylic acids is 1. The molecule has 7 nitrogen and oxygen atoms in total. The highest BCUT2D eigenvalue weighted by Gasteiger charge is 2.09. The lowest BCUT2D eigenvalue weighted by atomic mass is 10.2. The van der Waals surface area contributed by atoms with Crippen LogP contribution in [0.2, 0.25) is 0 Å². The van der Waals surface area contributed by atoms with Crippen molar-refractivity contribution in [3.05, 3.63) is 64.8 Å². The Hall–Kier alpha value is -3.35. The number of methoxy groups -OCH3 is 1. The van der Waals surface area contributed by atoms with Crippen LogP contribution < -0.4 is 10.1 Å². The second-order valence-corrected chi connectivity index (χ2v) is 5.22. The molecule has 0 aliphatic carbocycles. The highest BCUT2D eigenvalue weighted by atomic mass is 16.6. The molecule has 3 rings (SSSR count). The van der Waals surface area contributed by atoms with Crippen molar-refractivity contribution >= 4 is 28.2 Å². The number of nitrogens with one attached hydrogen (secondary N) is 1. The Balaban J connectivity index is 1.71. The van der Waals surface area contributed by atoms with E-state index in [1.54, 1.807) is 7.11 Å². The van der Waals surface area contributed by atoms with Crippen molar-refractivity contribution in [3.63, 3.8) is 0 Å². The monoisotopic (exact) mass is 325 g/mol. The van der Waals surface area contributed by atoms with E-state index in [0.717, 1.165) is 16.7 Å². The minimum atomic E-state index is -0.480. The molecular formula is C17H15N3O4. The van der Waals surface area contributed by atoms with Gasteiger partial charge in [-0.2, -0.15) is 0 Å². The maximum Gasteiger partial charge on any atom is 0.269 e. The van der Waals surface area contributed by atoms with Crippen LogP contribution >= 0.6 is 0 Å². The number of nitro groups is 1. The van der Waals surface area contributed by atoms with Gasteiger partial charge in [0.2, 0.25) is 5.91 Å².